The molecule has 27 heavy (non-hydrogen) atoms. The minimum Gasteiger partial charge on any atom is -0.447 e. The Hall–Kier alpha value is -2.38. The fourth-order valence-corrected chi connectivity index (χ4v) is 4.38. The number of cyclic esters (lactones) is 1. The molecule has 3 fully saturated rings. The van der Waals surface area contributed by atoms with Crippen LogP contribution in [0.4, 0.5) is 13.6 Å². The predicted octanol–water partition coefficient (Wildman–Crippen LogP) is 2.88. The maximum absolute atomic E-state index is 12.7. The minimum atomic E-state index is -2.82. The van der Waals surface area contributed by atoms with E-state index in [1.54, 1.807) is 12.1 Å². The Morgan fingerprint density at radius 2 is 1.89 bits per heavy atom. The Kier molecular flexibility index (Phi) is 4.65. The molecule has 4 rings (SSSR count). The monoisotopic (exact) mass is 380 g/mol. The van der Waals surface area contributed by atoms with Crippen LogP contribution in [0.3, 0.4) is 0 Å². The van der Waals surface area contributed by atoms with E-state index in [0.717, 1.165) is 18.4 Å². The number of nitrogens with one attached hydrogen (secondary N) is 1. The number of nitrogens with zero attached hydrogens (tertiary/aromatic N) is 1. The van der Waals surface area contributed by atoms with Gasteiger partial charge in [0.1, 0.15) is 12.4 Å². The number of halogens is 2. The number of ether oxygens (including phenoxy) is 2. The molecule has 1 spiro atoms. The highest BCUT2D eigenvalue weighted by molar-refractivity contribution is 5.81. The lowest BCUT2D eigenvalue weighted by Gasteiger charge is -2.45. The van der Waals surface area contributed by atoms with Crippen molar-refractivity contribution < 1.29 is 27.8 Å². The van der Waals surface area contributed by atoms with E-state index in [-0.39, 0.29) is 23.1 Å². The molecule has 0 atom stereocenters. The molecular weight excluding hydrogens is 358 g/mol. The molecular formula is C19H22F2N2O4. The zero-order valence-corrected chi connectivity index (χ0v) is 14.8. The van der Waals surface area contributed by atoms with E-state index in [2.05, 4.69) is 10.1 Å². The quantitative estimate of drug-likeness (QED) is 0.872. The summed E-state index contributed by atoms with van der Waals surface area (Å²) in [6.07, 6.45) is 2.58. The molecule has 1 N–H and O–H groups in total. The van der Waals surface area contributed by atoms with Crippen molar-refractivity contribution in [2.45, 2.75) is 43.8 Å². The molecule has 1 aromatic rings. The van der Waals surface area contributed by atoms with Crippen molar-refractivity contribution in [3.05, 3.63) is 29.8 Å². The van der Waals surface area contributed by atoms with Crippen molar-refractivity contribution in [3.8, 4) is 5.75 Å². The summed E-state index contributed by atoms with van der Waals surface area (Å²) in [5.74, 6) is 0.573. The average Bonchev–Trinajstić information content (AvgIpc) is 3.02. The SMILES string of the molecule is O=C1NC2(CO1)CC(C(=O)N1CCC(c3ccc(OC(F)F)cc3)CC1)C2. The fourth-order valence-electron chi connectivity index (χ4n) is 4.38. The third kappa shape index (κ3) is 3.70. The van der Waals surface area contributed by atoms with Crippen LogP contribution >= 0.6 is 0 Å². The van der Waals surface area contributed by atoms with Gasteiger partial charge in [-0.25, -0.2) is 4.79 Å². The van der Waals surface area contributed by atoms with Crippen LogP contribution in [0.15, 0.2) is 24.3 Å². The van der Waals surface area contributed by atoms with Crippen LogP contribution in [-0.2, 0) is 9.53 Å². The summed E-state index contributed by atoms with van der Waals surface area (Å²) < 4.78 is 33.8. The minimum absolute atomic E-state index is 0.0469. The molecule has 0 bridgehead atoms. The number of carbonyl (C=O) groups excluding carboxylic acids is 2. The van der Waals surface area contributed by atoms with Gasteiger partial charge in [0.15, 0.2) is 0 Å². The summed E-state index contributed by atoms with van der Waals surface area (Å²) in [4.78, 5) is 25.8. The average molecular weight is 380 g/mol. The number of rotatable bonds is 4. The molecule has 2 amide bonds. The van der Waals surface area contributed by atoms with Crippen LogP contribution in [0.2, 0.25) is 0 Å². The van der Waals surface area contributed by atoms with Gasteiger partial charge in [0.25, 0.3) is 0 Å². The third-order valence-electron chi connectivity index (χ3n) is 5.85. The first-order chi connectivity index (χ1) is 12.9. The largest absolute Gasteiger partial charge is 0.447 e. The smallest absolute Gasteiger partial charge is 0.407 e. The van der Waals surface area contributed by atoms with E-state index in [9.17, 15) is 18.4 Å². The van der Waals surface area contributed by atoms with E-state index in [0.29, 0.717) is 38.5 Å². The highest BCUT2D eigenvalue weighted by atomic mass is 19.3. The summed E-state index contributed by atoms with van der Waals surface area (Å²) in [6.45, 7) is -1.10. The predicted molar refractivity (Wildman–Crippen MR) is 91.6 cm³/mol. The van der Waals surface area contributed by atoms with Crippen LogP contribution in [0.1, 0.15) is 37.2 Å². The molecule has 0 aromatic heterocycles. The number of hydrogen-bond donors (Lipinski definition) is 1. The highest BCUT2D eigenvalue weighted by Gasteiger charge is 2.53. The molecule has 2 heterocycles. The lowest BCUT2D eigenvalue weighted by molar-refractivity contribution is -0.142. The first kappa shape index (κ1) is 18.0. The van der Waals surface area contributed by atoms with Crippen molar-refractivity contribution in [3.63, 3.8) is 0 Å². The van der Waals surface area contributed by atoms with Gasteiger partial charge in [-0.15, -0.1) is 0 Å². The van der Waals surface area contributed by atoms with Gasteiger partial charge in [0.05, 0.1) is 5.54 Å². The Bertz CT molecular complexity index is 711. The number of alkyl carbamates (subject to hydrolysis) is 1. The summed E-state index contributed by atoms with van der Waals surface area (Å²) in [5.41, 5.74) is 0.745. The maximum Gasteiger partial charge on any atom is 0.407 e. The molecule has 6 nitrogen and oxygen atoms in total. The van der Waals surface area contributed by atoms with Crippen LogP contribution in [0, 0.1) is 5.92 Å². The molecule has 8 heteroatoms. The van der Waals surface area contributed by atoms with Gasteiger partial charge in [0.2, 0.25) is 5.91 Å². The Labute approximate surface area is 155 Å². The lowest BCUT2D eigenvalue weighted by Crippen LogP contribution is -2.58. The first-order valence-corrected chi connectivity index (χ1v) is 9.23. The summed E-state index contributed by atoms with van der Waals surface area (Å²) >= 11 is 0. The number of piperidine rings is 1. The van der Waals surface area contributed by atoms with Crippen LogP contribution in [0.25, 0.3) is 0 Å². The molecule has 146 valence electrons. The molecule has 0 radical (unpaired) electrons. The molecule has 1 aromatic carbocycles. The number of hydrogen-bond acceptors (Lipinski definition) is 4. The second-order valence-corrected chi connectivity index (χ2v) is 7.63. The number of benzene rings is 1. The van der Waals surface area contributed by atoms with Crippen molar-refractivity contribution in [2.24, 2.45) is 5.92 Å². The number of alkyl halides is 2. The molecule has 1 saturated carbocycles. The van der Waals surface area contributed by atoms with E-state index >= 15 is 0 Å². The molecule has 0 unspecified atom stereocenters. The standard InChI is InChI=1S/C19H22F2N2O4/c20-17(21)27-15-3-1-12(2-4-15)13-5-7-23(8-6-13)16(24)14-9-19(10-14)11-26-18(25)22-19/h1-4,13-14,17H,5-11H2,(H,22,25). The molecule has 3 aliphatic rings. The first-order valence-electron chi connectivity index (χ1n) is 9.23. The van der Waals surface area contributed by atoms with Gasteiger partial charge in [-0.05, 0) is 49.3 Å². The van der Waals surface area contributed by atoms with E-state index in [1.165, 1.54) is 0 Å². The van der Waals surface area contributed by atoms with Gasteiger partial charge in [-0.3, -0.25) is 4.79 Å². The molecule has 1 aliphatic carbocycles. The summed E-state index contributed by atoms with van der Waals surface area (Å²) in [5, 5.41) is 2.81. The Morgan fingerprint density at radius 3 is 2.44 bits per heavy atom. The second-order valence-electron chi connectivity index (χ2n) is 7.63. The Balaban J connectivity index is 1.26. The van der Waals surface area contributed by atoms with Gasteiger partial charge in [-0.1, -0.05) is 12.1 Å². The summed E-state index contributed by atoms with van der Waals surface area (Å²) in [7, 11) is 0. The van der Waals surface area contributed by atoms with Crippen molar-refractivity contribution >= 4 is 12.0 Å². The lowest BCUT2D eigenvalue weighted by atomic mass is 9.68. The Morgan fingerprint density at radius 1 is 1.22 bits per heavy atom. The highest BCUT2D eigenvalue weighted by Crippen LogP contribution is 2.42. The zero-order chi connectivity index (χ0) is 19.0. The van der Waals surface area contributed by atoms with Gasteiger partial charge >= 0.3 is 12.7 Å². The van der Waals surface area contributed by atoms with Crippen LogP contribution in [-0.4, -0.2) is 48.7 Å². The molecule has 2 aliphatic heterocycles. The van der Waals surface area contributed by atoms with E-state index < -0.39 is 12.7 Å². The van der Waals surface area contributed by atoms with Gasteiger partial charge < -0.3 is 19.7 Å². The topological polar surface area (TPSA) is 67.9 Å². The zero-order valence-electron chi connectivity index (χ0n) is 14.8. The fraction of sp³-hybridized carbons (Fsp3) is 0.579. The maximum atomic E-state index is 12.7. The summed E-state index contributed by atoms with van der Waals surface area (Å²) in [6, 6.07) is 6.76. The van der Waals surface area contributed by atoms with Crippen molar-refractivity contribution in [1.82, 2.24) is 10.2 Å². The van der Waals surface area contributed by atoms with Crippen molar-refractivity contribution in [1.29, 1.82) is 0 Å². The second kappa shape index (κ2) is 6.98. The molecule has 2 saturated heterocycles. The van der Waals surface area contributed by atoms with Crippen molar-refractivity contribution in [2.75, 3.05) is 19.7 Å². The van der Waals surface area contributed by atoms with Crippen LogP contribution < -0.4 is 10.1 Å². The normalized spacial score (nSPS) is 28.0. The van der Waals surface area contributed by atoms with E-state index in [1.807, 2.05) is 17.0 Å². The van der Waals surface area contributed by atoms with Gasteiger partial charge in [-0.2, -0.15) is 8.78 Å². The number of carbonyl (C=O) groups is 2. The van der Waals surface area contributed by atoms with Gasteiger partial charge in [0, 0.05) is 19.0 Å². The number of amides is 2. The number of likely N-dealkylation sites (tertiary alicyclic amines) is 1. The third-order valence-corrected chi connectivity index (χ3v) is 5.85. The van der Waals surface area contributed by atoms with E-state index in [4.69, 9.17) is 4.74 Å². The van der Waals surface area contributed by atoms with Crippen LogP contribution in [0.5, 0.6) is 5.75 Å².